The van der Waals surface area contributed by atoms with Gasteiger partial charge in [-0.1, -0.05) is 19.9 Å². The van der Waals surface area contributed by atoms with Crippen LogP contribution in [0.15, 0.2) is 18.2 Å². The van der Waals surface area contributed by atoms with Gasteiger partial charge >= 0.3 is 0 Å². The molecule has 94 valence electrons. The lowest BCUT2D eigenvalue weighted by molar-refractivity contribution is -0.118. The lowest BCUT2D eigenvalue weighted by atomic mass is 9.95. The summed E-state index contributed by atoms with van der Waals surface area (Å²) in [5, 5.41) is 3.12. The third-order valence-corrected chi connectivity index (χ3v) is 2.57. The Morgan fingerprint density at radius 1 is 1.29 bits per heavy atom. The molecule has 1 aromatic carbocycles. The number of carbonyl (C=O) groups excluding carboxylic acids is 1. The molecule has 0 heterocycles. The van der Waals surface area contributed by atoms with E-state index >= 15 is 0 Å². The molecule has 0 saturated carbocycles. The number of nitrogens with one attached hydrogen (secondary N) is 1. The molecule has 1 unspecified atom stereocenters. The van der Waals surface area contributed by atoms with Crippen LogP contribution in [0.25, 0.3) is 0 Å². The minimum atomic E-state index is -0.918. The highest BCUT2D eigenvalue weighted by atomic mass is 19.2. The highest BCUT2D eigenvalue weighted by molar-refractivity contribution is 5.83. The van der Waals surface area contributed by atoms with Crippen molar-refractivity contribution in [3.8, 4) is 0 Å². The van der Waals surface area contributed by atoms with Crippen LogP contribution in [0.4, 0.5) is 8.78 Å². The number of hydrogen-bond donors (Lipinski definition) is 1. The van der Waals surface area contributed by atoms with E-state index in [2.05, 4.69) is 5.32 Å². The quantitative estimate of drug-likeness (QED) is 0.858. The first-order chi connectivity index (χ1) is 7.91. The van der Waals surface area contributed by atoms with Gasteiger partial charge in [-0.15, -0.1) is 0 Å². The average molecular weight is 241 g/mol. The van der Waals surface area contributed by atoms with Crippen LogP contribution in [0.2, 0.25) is 0 Å². The highest BCUT2D eigenvalue weighted by Gasteiger charge is 2.18. The molecule has 0 bridgehead atoms. The van der Waals surface area contributed by atoms with E-state index in [4.69, 9.17) is 0 Å². The third kappa shape index (κ3) is 3.89. The minimum Gasteiger partial charge on any atom is -0.313 e. The van der Waals surface area contributed by atoms with Gasteiger partial charge in [-0.25, -0.2) is 8.78 Å². The van der Waals surface area contributed by atoms with Crippen molar-refractivity contribution in [2.45, 2.75) is 32.7 Å². The van der Waals surface area contributed by atoms with Crippen molar-refractivity contribution in [1.29, 1.82) is 0 Å². The van der Waals surface area contributed by atoms with Crippen molar-refractivity contribution < 1.29 is 13.6 Å². The van der Waals surface area contributed by atoms with Crippen LogP contribution in [-0.4, -0.2) is 18.4 Å². The number of carbonyl (C=O) groups is 1. The minimum absolute atomic E-state index is 0.0656. The van der Waals surface area contributed by atoms with Crippen LogP contribution in [0.5, 0.6) is 0 Å². The molecule has 2 nitrogen and oxygen atoms in total. The fraction of sp³-hybridized carbons (Fsp3) is 0.462. The molecule has 0 fully saturated rings. The number of hydrogen-bond acceptors (Lipinski definition) is 2. The predicted molar refractivity (Wildman–Crippen MR) is 62.9 cm³/mol. The van der Waals surface area contributed by atoms with E-state index in [1.54, 1.807) is 0 Å². The Morgan fingerprint density at radius 3 is 2.41 bits per heavy atom. The Labute approximate surface area is 100 Å². The van der Waals surface area contributed by atoms with Gasteiger partial charge in [-0.2, -0.15) is 0 Å². The molecule has 0 aromatic heterocycles. The van der Waals surface area contributed by atoms with Crippen LogP contribution < -0.4 is 5.32 Å². The lowest BCUT2D eigenvalue weighted by Crippen LogP contribution is -2.30. The van der Waals surface area contributed by atoms with Gasteiger partial charge in [0, 0.05) is 12.6 Å². The second-order valence-corrected chi connectivity index (χ2v) is 4.40. The summed E-state index contributed by atoms with van der Waals surface area (Å²) in [6.07, 6.45) is 0. The maximum atomic E-state index is 13.1. The van der Waals surface area contributed by atoms with Crippen molar-refractivity contribution in [2.24, 2.45) is 0 Å². The Kier molecular flexibility index (Phi) is 4.75. The van der Waals surface area contributed by atoms with E-state index in [0.29, 0.717) is 12.1 Å². The van der Waals surface area contributed by atoms with Gasteiger partial charge in [0.15, 0.2) is 11.6 Å². The zero-order chi connectivity index (χ0) is 13.0. The molecule has 1 rings (SSSR count). The number of benzene rings is 1. The molecule has 0 aliphatic rings. The van der Waals surface area contributed by atoms with Crippen LogP contribution in [-0.2, 0) is 4.79 Å². The Morgan fingerprint density at radius 2 is 1.94 bits per heavy atom. The van der Waals surface area contributed by atoms with E-state index in [-0.39, 0.29) is 11.8 Å². The SMILES string of the molecule is CC(=O)C(CNC(C)C)c1ccc(F)c(F)c1. The van der Waals surface area contributed by atoms with Crippen molar-refractivity contribution in [3.63, 3.8) is 0 Å². The first-order valence-corrected chi connectivity index (χ1v) is 5.60. The topological polar surface area (TPSA) is 29.1 Å². The predicted octanol–water partition coefficient (Wildman–Crippen LogP) is 2.64. The van der Waals surface area contributed by atoms with Gasteiger partial charge in [0.1, 0.15) is 5.78 Å². The Hall–Kier alpha value is -1.29. The van der Waals surface area contributed by atoms with Gasteiger partial charge in [0.05, 0.1) is 5.92 Å². The monoisotopic (exact) mass is 241 g/mol. The maximum absolute atomic E-state index is 13.1. The molecule has 0 spiro atoms. The molecule has 0 aliphatic heterocycles. The molecular formula is C13H17F2NO. The molecule has 1 atom stereocenters. The van der Waals surface area contributed by atoms with Gasteiger partial charge in [0.25, 0.3) is 0 Å². The van der Waals surface area contributed by atoms with Crippen LogP contribution in [0.1, 0.15) is 32.3 Å². The molecule has 0 radical (unpaired) electrons. The molecule has 0 amide bonds. The zero-order valence-electron chi connectivity index (χ0n) is 10.3. The molecule has 0 saturated heterocycles. The fourth-order valence-electron chi connectivity index (χ4n) is 1.58. The fourth-order valence-corrected chi connectivity index (χ4v) is 1.58. The average Bonchev–Trinajstić information content (AvgIpc) is 2.22. The summed E-state index contributed by atoms with van der Waals surface area (Å²) in [5.41, 5.74) is 0.504. The number of halogens is 2. The van der Waals surface area contributed by atoms with Crippen molar-refractivity contribution in [2.75, 3.05) is 6.54 Å². The third-order valence-electron chi connectivity index (χ3n) is 2.57. The van der Waals surface area contributed by atoms with E-state index in [1.807, 2.05) is 13.8 Å². The molecular weight excluding hydrogens is 224 g/mol. The van der Waals surface area contributed by atoms with E-state index in [1.165, 1.54) is 13.0 Å². The van der Waals surface area contributed by atoms with Crippen molar-refractivity contribution in [3.05, 3.63) is 35.4 Å². The summed E-state index contributed by atoms with van der Waals surface area (Å²) >= 11 is 0. The van der Waals surface area contributed by atoms with Gasteiger partial charge < -0.3 is 5.32 Å². The Balaban J connectivity index is 2.89. The number of rotatable bonds is 5. The van der Waals surface area contributed by atoms with Crippen molar-refractivity contribution >= 4 is 5.78 Å². The summed E-state index contributed by atoms with van der Waals surface area (Å²) < 4.78 is 25.9. The van der Waals surface area contributed by atoms with Crippen LogP contribution in [0, 0.1) is 11.6 Å². The number of Topliss-reactive ketones (excluding diaryl/α,β-unsaturated/α-hetero) is 1. The number of ketones is 1. The first-order valence-electron chi connectivity index (χ1n) is 5.60. The van der Waals surface area contributed by atoms with E-state index in [9.17, 15) is 13.6 Å². The first kappa shape index (κ1) is 13.8. The molecule has 4 heteroatoms. The molecule has 1 aromatic rings. The maximum Gasteiger partial charge on any atom is 0.159 e. The van der Waals surface area contributed by atoms with Crippen LogP contribution in [0.3, 0.4) is 0 Å². The molecule has 0 aliphatic carbocycles. The van der Waals surface area contributed by atoms with Crippen molar-refractivity contribution in [1.82, 2.24) is 5.32 Å². The lowest BCUT2D eigenvalue weighted by Gasteiger charge is -2.17. The second kappa shape index (κ2) is 5.87. The second-order valence-electron chi connectivity index (χ2n) is 4.40. The largest absolute Gasteiger partial charge is 0.313 e. The smallest absolute Gasteiger partial charge is 0.159 e. The van der Waals surface area contributed by atoms with Gasteiger partial charge in [-0.05, 0) is 24.6 Å². The molecule has 1 N–H and O–H groups in total. The standard InChI is InChI=1S/C13H17F2NO/c1-8(2)16-7-11(9(3)17)10-4-5-12(14)13(15)6-10/h4-6,8,11,16H,7H2,1-3H3. The van der Waals surface area contributed by atoms with E-state index < -0.39 is 17.6 Å². The van der Waals surface area contributed by atoms with Gasteiger partial charge in [0.2, 0.25) is 0 Å². The summed E-state index contributed by atoms with van der Waals surface area (Å²) in [6.45, 7) is 5.80. The highest BCUT2D eigenvalue weighted by Crippen LogP contribution is 2.19. The normalized spacial score (nSPS) is 12.8. The molecule has 17 heavy (non-hydrogen) atoms. The summed E-state index contributed by atoms with van der Waals surface area (Å²) in [7, 11) is 0. The van der Waals surface area contributed by atoms with Crippen LogP contribution >= 0.6 is 0 Å². The Bertz CT molecular complexity index is 404. The van der Waals surface area contributed by atoms with E-state index in [0.717, 1.165) is 12.1 Å². The summed E-state index contributed by atoms with van der Waals surface area (Å²) in [4.78, 5) is 11.5. The summed E-state index contributed by atoms with van der Waals surface area (Å²) in [5.74, 6) is -2.32. The summed E-state index contributed by atoms with van der Waals surface area (Å²) in [6, 6.07) is 3.83. The zero-order valence-corrected chi connectivity index (χ0v) is 10.3. The van der Waals surface area contributed by atoms with Gasteiger partial charge in [-0.3, -0.25) is 4.79 Å².